The summed E-state index contributed by atoms with van der Waals surface area (Å²) in [5.41, 5.74) is -0.181. The van der Waals surface area contributed by atoms with Crippen LogP contribution in [0.2, 0.25) is 5.02 Å². The maximum absolute atomic E-state index is 13.9. The van der Waals surface area contributed by atoms with E-state index in [-0.39, 0.29) is 17.6 Å². The summed E-state index contributed by atoms with van der Waals surface area (Å²) in [7, 11) is 0. The molecule has 0 bridgehead atoms. The lowest BCUT2D eigenvalue weighted by atomic mass is 10.2. The van der Waals surface area contributed by atoms with Gasteiger partial charge in [-0.2, -0.15) is 0 Å². The highest BCUT2D eigenvalue weighted by Gasteiger charge is 2.36. The van der Waals surface area contributed by atoms with Crippen molar-refractivity contribution in [2.24, 2.45) is 0 Å². The molecule has 0 spiro atoms. The second-order valence-electron chi connectivity index (χ2n) is 7.23. The Morgan fingerprint density at radius 1 is 1.44 bits per heavy atom. The number of nitrogens with zero attached hydrogens (tertiary/aromatic N) is 3. The number of carbonyl (C=O) groups is 1. The first-order valence-corrected chi connectivity index (χ1v) is 9.99. The molecule has 1 aromatic heterocycles. The largest absolute Gasteiger partial charge is 0.444 e. The Bertz CT molecular complexity index is 804. The highest BCUT2D eigenvalue weighted by atomic mass is 35.5. The van der Waals surface area contributed by atoms with Gasteiger partial charge in [-0.1, -0.05) is 29.4 Å². The van der Waals surface area contributed by atoms with Gasteiger partial charge in [-0.3, -0.25) is 4.90 Å². The minimum absolute atomic E-state index is 0.271. The molecule has 6 nitrogen and oxygen atoms in total. The predicted molar refractivity (Wildman–Crippen MR) is 100 cm³/mol. The fraction of sp³-hybridized carbons (Fsp3) is 0.500. The van der Waals surface area contributed by atoms with Gasteiger partial charge in [-0.15, -0.1) is 10.2 Å². The Morgan fingerprint density at radius 2 is 2.22 bits per heavy atom. The van der Waals surface area contributed by atoms with Crippen molar-refractivity contribution in [1.29, 1.82) is 0 Å². The molecule has 1 aliphatic heterocycles. The van der Waals surface area contributed by atoms with Gasteiger partial charge >= 0.3 is 6.09 Å². The maximum atomic E-state index is 13.9. The van der Waals surface area contributed by atoms with Gasteiger partial charge in [0.2, 0.25) is 5.89 Å². The Hall–Kier alpha value is -1.80. The third-order valence-corrected chi connectivity index (χ3v) is 5.19. The highest BCUT2D eigenvalue weighted by molar-refractivity contribution is 7.98. The van der Waals surface area contributed by atoms with Gasteiger partial charge in [0.05, 0.1) is 0 Å². The minimum Gasteiger partial charge on any atom is -0.444 e. The molecule has 2 aromatic rings. The van der Waals surface area contributed by atoms with Crippen LogP contribution in [0.3, 0.4) is 0 Å². The molecule has 9 heteroatoms. The van der Waals surface area contributed by atoms with Crippen molar-refractivity contribution in [2.45, 2.75) is 56.2 Å². The van der Waals surface area contributed by atoms with E-state index in [2.05, 4.69) is 10.2 Å². The van der Waals surface area contributed by atoms with E-state index >= 15 is 0 Å². The highest BCUT2D eigenvalue weighted by Crippen LogP contribution is 2.34. The van der Waals surface area contributed by atoms with Gasteiger partial charge in [0.25, 0.3) is 5.22 Å². The summed E-state index contributed by atoms with van der Waals surface area (Å²) in [6, 6.07) is 4.25. The molecule has 0 unspecified atom stereocenters. The standard InChI is InChI=1S/C18H21ClFN3O3S/c1-18(2,3)26-17(24)23-9-5-8-14(23)15-21-22-16(25-15)27-10-11-12(19)6-4-7-13(11)20/h4,6-7,14H,5,8-10H2,1-3H3/t14-/m1/s1. The predicted octanol–water partition coefficient (Wildman–Crippen LogP) is 5.23. The van der Waals surface area contributed by atoms with E-state index in [4.69, 9.17) is 20.8 Å². The number of carbonyl (C=O) groups excluding carboxylic acids is 1. The molecule has 1 amide bonds. The Kier molecular flexibility index (Phi) is 5.95. The number of amides is 1. The first-order valence-electron chi connectivity index (χ1n) is 8.63. The van der Waals surface area contributed by atoms with Crippen LogP contribution in [0.15, 0.2) is 27.8 Å². The topological polar surface area (TPSA) is 68.5 Å². The Balaban J connectivity index is 1.67. The summed E-state index contributed by atoms with van der Waals surface area (Å²) < 4.78 is 25.0. The average Bonchev–Trinajstić information content (AvgIpc) is 3.21. The third-order valence-electron chi connectivity index (χ3n) is 3.99. The quantitative estimate of drug-likeness (QED) is 0.639. The zero-order valence-corrected chi connectivity index (χ0v) is 16.9. The average molecular weight is 414 g/mol. The molecule has 1 saturated heterocycles. The molecule has 2 heterocycles. The van der Waals surface area contributed by atoms with Crippen LogP contribution in [0.25, 0.3) is 0 Å². The van der Waals surface area contributed by atoms with Gasteiger partial charge in [-0.05, 0) is 45.7 Å². The van der Waals surface area contributed by atoms with Crippen molar-refractivity contribution < 1.29 is 18.3 Å². The molecule has 1 aromatic carbocycles. The van der Waals surface area contributed by atoms with Crippen LogP contribution >= 0.6 is 23.4 Å². The van der Waals surface area contributed by atoms with Crippen LogP contribution in [-0.2, 0) is 10.5 Å². The molecule has 1 atom stereocenters. The van der Waals surface area contributed by atoms with Crippen molar-refractivity contribution in [3.63, 3.8) is 0 Å². The summed E-state index contributed by atoms with van der Waals surface area (Å²) in [5, 5.41) is 8.74. The second-order valence-corrected chi connectivity index (χ2v) is 8.56. The third kappa shape index (κ3) is 4.93. The van der Waals surface area contributed by atoms with E-state index in [1.807, 2.05) is 20.8 Å². The van der Waals surface area contributed by atoms with Crippen LogP contribution in [-0.4, -0.2) is 33.3 Å². The zero-order chi connectivity index (χ0) is 19.6. The fourth-order valence-corrected chi connectivity index (χ4v) is 3.89. The second kappa shape index (κ2) is 8.06. The number of aromatic nitrogens is 2. The first kappa shape index (κ1) is 19.9. The smallest absolute Gasteiger partial charge is 0.410 e. The van der Waals surface area contributed by atoms with Gasteiger partial charge < -0.3 is 9.15 Å². The number of likely N-dealkylation sites (tertiary alicyclic amines) is 1. The van der Waals surface area contributed by atoms with Gasteiger partial charge in [0.1, 0.15) is 17.5 Å². The Morgan fingerprint density at radius 3 is 2.93 bits per heavy atom. The van der Waals surface area contributed by atoms with Gasteiger partial charge in [0, 0.05) is 22.9 Å². The monoisotopic (exact) mass is 413 g/mol. The van der Waals surface area contributed by atoms with Crippen LogP contribution in [0, 0.1) is 5.82 Å². The number of halogens is 2. The van der Waals surface area contributed by atoms with Crippen molar-refractivity contribution in [3.05, 3.63) is 40.5 Å². The Labute approximate surface area is 166 Å². The maximum Gasteiger partial charge on any atom is 0.410 e. The van der Waals surface area contributed by atoms with E-state index in [1.54, 1.807) is 17.0 Å². The van der Waals surface area contributed by atoms with E-state index < -0.39 is 11.7 Å². The number of hydrogen-bond acceptors (Lipinski definition) is 6. The number of rotatable bonds is 4. The van der Waals surface area contributed by atoms with Crippen LogP contribution in [0.4, 0.5) is 9.18 Å². The lowest BCUT2D eigenvalue weighted by Crippen LogP contribution is -2.36. The summed E-state index contributed by atoms with van der Waals surface area (Å²) in [5.74, 6) is 0.259. The molecular formula is C18H21ClFN3O3S. The molecule has 0 radical (unpaired) electrons. The molecule has 146 valence electrons. The van der Waals surface area contributed by atoms with Gasteiger partial charge in [0.15, 0.2) is 0 Å². The minimum atomic E-state index is -0.570. The number of thioether (sulfide) groups is 1. The number of benzene rings is 1. The summed E-state index contributed by atoms with van der Waals surface area (Å²) in [6.07, 6.45) is 1.17. The van der Waals surface area contributed by atoms with Crippen molar-refractivity contribution in [2.75, 3.05) is 6.54 Å². The molecule has 0 saturated carbocycles. The van der Waals surface area contributed by atoms with E-state index in [0.29, 0.717) is 28.2 Å². The van der Waals surface area contributed by atoms with Crippen molar-refractivity contribution >= 4 is 29.5 Å². The fourth-order valence-electron chi connectivity index (χ4n) is 2.78. The summed E-state index contributed by atoms with van der Waals surface area (Å²) in [6.45, 7) is 6.05. The normalized spacial score (nSPS) is 17.4. The van der Waals surface area contributed by atoms with E-state index in [1.165, 1.54) is 17.8 Å². The lowest BCUT2D eigenvalue weighted by Gasteiger charge is -2.27. The zero-order valence-electron chi connectivity index (χ0n) is 15.4. The molecular weight excluding hydrogens is 393 g/mol. The van der Waals surface area contributed by atoms with Crippen LogP contribution < -0.4 is 0 Å². The SMILES string of the molecule is CC(C)(C)OC(=O)N1CCC[C@@H]1c1nnc(SCc2c(F)cccc2Cl)o1. The van der Waals surface area contributed by atoms with Crippen molar-refractivity contribution in [3.8, 4) is 0 Å². The van der Waals surface area contributed by atoms with E-state index in [0.717, 1.165) is 12.8 Å². The molecule has 3 rings (SSSR count). The number of ether oxygens (including phenoxy) is 1. The van der Waals surface area contributed by atoms with Crippen LogP contribution in [0.5, 0.6) is 0 Å². The summed E-state index contributed by atoms with van der Waals surface area (Å²) >= 11 is 7.23. The van der Waals surface area contributed by atoms with Crippen LogP contribution in [0.1, 0.15) is 51.1 Å². The molecule has 27 heavy (non-hydrogen) atoms. The number of hydrogen-bond donors (Lipinski definition) is 0. The van der Waals surface area contributed by atoms with Crippen molar-refractivity contribution in [1.82, 2.24) is 15.1 Å². The summed E-state index contributed by atoms with van der Waals surface area (Å²) in [4.78, 5) is 14.0. The van der Waals surface area contributed by atoms with Gasteiger partial charge in [-0.25, -0.2) is 9.18 Å². The molecule has 1 aliphatic rings. The molecule has 1 fully saturated rings. The molecule has 0 N–H and O–H groups in total. The lowest BCUT2D eigenvalue weighted by molar-refractivity contribution is 0.0201. The first-order chi connectivity index (χ1) is 12.7. The molecule has 0 aliphatic carbocycles. The van der Waals surface area contributed by atoms with E-state index in [9.17, 15) is 9.18 Å².